The Balaban J connectivity index is 0.000000531. The molecule has 0 unspecified atom stereocenters. The van der Waals surface area contributed by atoms with Crippen molar-refractivity contribution in [3.8, 4) is 0 Å². The third-order valence-electron chi connectivity index (χ3n) is 1.59. The molecule has 2 aromatic rings. The van der Waals surface area contributed by atoms with Gasteiger partial charge in [0.2, 0.25) is 0 Å². The van der Waals surface area contributed by atoms with Gasteiger partial charge >= 0.3 is 0 Å². The minimum absolute atomic E-state index is 0. The summed E-state index contributed by atoms with van der Waals surface area (Å²) in [6.07, 6.45) is 1.77. The zero-order valence-electron chi connectivity index (χ0n) is 8.55. The Hall–Kier alpha value is -1.38. The van der Waals surface area contributed by atoms with Crippen LogP contribution in [0.5, 0.6) is 0 Å². The molecule has 0 aliphatic heterocycles. The first-order valence-corrected chi connectivity index (χ1v) is 4.55. The van der Waals surface area contributed by atoms with Crippen LogP contribution in [0.15, 0.2) is 12.3 Å². The van der Waals surface area contributed by atoms with Gasteiger partial charge in [0.05, 0.1) is 5.69 Å². The predicted molar refractivity (Wildman–Crippen MR) is 56.8 cm³/mol. The molecule has 0 spiro atoms. The lowest BCUT2D eigenvalue weighted by atomic mass is 10.4. The van der Waals surface area contributed by atoms with Crippen LogP contribution in [0.4, 0.5) is 0 Å². The van der Waals surface area contributed by atoms with Gasteiger partial charge in [0, 0.05) is 13.3 Å². The molecule has 0 saturated heterocycles. The maximum absolute atomic E-state index is 4.28. The van der Waals surface area contributed by atoms with Crippen molar-refractivity contribution in [2.75, 3.05) is 0 Å². The van der Waals surface area contributed by atoms with Crippen molar-refractivity contribution in [3.63, 3.8) is 0 Å². The second-order valence-corrected chi connectivity index (χ2v) is 2.70. The van der Waals surface area contributed by atoms with Gasteiger partial charge in [-0.1, -0.05) is 13.8 Å². The second kappa shape index (κ2) is 4.03. The molecule has 0 aliphatic carbocycles. The normalized spacial score (nSPS) is 9.54. The molecule has 13 heavy (non-hydrogen) atoms. The van der Waals surface area contributed by atoms with Crippen LogP contribution in [0.3, 0.4) is 0 Å². The van der Waals surface area contributed by atoms with E-state index in [1.165, 1.54) is 0 Å². The summed E-state index contributed by atoms with van der Waals surface area (Å²) in [4.78, 5) is 11.6. The van der Waals surface area contributed by atoms with E-state index in [2.05, 4.69) is 15.0 Å². The number of H-pyrrole nitrogens is 1. The van der Waals surface area contributed by atoms with Gasteiger partial charge in [-0.2, -0.15) is 0 Å². The van der Waals surface area contributed by atoms with E-state index in [1.54, 1.807) is 6.20 Å². The summed E-state index contributed by atoms with van der Waals surface area (Å²) >= 11 is 0. The van der Waals surface area contributed by atoms with Crippen molar-refractivity contribution in [1.82, 2.24) is 15.0 Å². The van der Waals surface area contributed by atoms with Crippen LogP contribution in [-0.2, 0) is 0 Å². The smallest absolute Gasteiger partial charge is 0.156 e. The fourth-order valence-corrected chi connectivity index (χ4v) is 1.11. The summed E-state index contributed by atoms with van der Waals surface area (Å²) in [5.74, 6) is 0. The van der Waals surface area contributed by atoms with E-state index < -0.39 is 0 Å². The lowest BCUT2D eigenvalue weighted by Gasteiger charge is -1.89. The van der Waals surface area contributed by atoms with Crippen molar-refractivity contribution in [1.29, 1.82) is 0 Å². The largest absolute Gasteiger partial charge is 0.342 e. The number of aromatic nitrogens is 3. The number of hydrogen-bond donors (Lipinski definition) is 1. The van der Waals surface area contributed by atoms with Gasteiger partial charge in [0.15, 0.2) is 5.65 Å². The number of fused-ring (bicyclic) bond motifs is 1. The summed E-state index contributed by atoms with van der Waals surface area (Å²) in [5.41, 5.74) is 3.86. The molecule has 0 atom stereocenters. The SMILES string of the molecule is CC.Cc1cnc2cc(C)[nH]c2n1.[HH]. The van der Waals surface area contributed by atoms with Crippen molar-refractivity contribution in [2.45, 2.75) is 27.7 Å². The average molecular weight is 179 g/mol. The molecule has 3 heteroatoms. The molecule has 0 saturated carbocycles. The Morgan fingerprint density at radius 3 is 2.69 bits per heavy atom. The predicted octanol–water partition coefficient (Wildman–Crippen LogP) is 2.85. The monoisotopic (exact) mass is 179 g/mol. The van der Waals surface area contributed by atoms with Crippen LogP contribution in [0.2, 0.25) is 0 Å². The molecule has 2 aromatic heterocycles. The minimum Gasteiger partial charge on any atom is -0.342 e. The molecule has 0 radical (unpaired) electrons. The molecule has 1 N–H and O–H groups in total. The van der Waals surface area contributed by atoms with Crippen LogP contribution in [-0.4, -0.2) is 15.0 Å². The molecule has 2 heterocycles. The Kier molecular flexibility index (Phi) is 3.01. The number of hydrogen-bond acceptors (Lipinski definition) is 2. The quantitative estimate of drug-likeness (QED) is 0.675. The van der Waals surface area contributed by atoms with Gasteiger partial charge in [-0.25, -0.2) is 4.98 Å². The van der Waals surface area contributed by atoms with E-state index in [9.17, 15) is 0 Å². The Morgan fingerprint density at radius 1 is 1.31 bits per heavy atom. The summed E-state index contributed by atoms with van der Waals surface area (Å²) in [5, 5.41) is 0. The van der Waals surface area contributed by atoms with Crippen LogP contribution >= 0.6 is 0 Å². The number of aryl methyl sites for hydroxylation is 2. The van der Waals surface area contributed by atoms with Gasteiger partial charge in [0.1, 0.15) is 5.52 Å². The highest BCUT2D eigenvalue weighted by molar-refractivity contribution is 5.71. The molecule has 0 aliphatic rings. The summed E-state index contributed by atoms with van der Waals surface area (Å²) < 4.78 is 0. The first kappa shape index (κ1) is 9.71. The standard InChI is InChI=1S/C8H9N3.C2H6.H2/c1-5-3-7-8(10-5)11-6(2)4-9-7;1-2;/h3-4H,1-2H3,(H,10,11);1-2H3;1H. The van der Waals surface area contributed by atoms with E-state index in [4.69, 9.17) is 0 Å². The molecule has 0 aromatic carbocycles. The van der Waals surface area contributed by atoms with E-state index in [-0.39, 0.29) is 1.43 Å². The third kappa shape index (κ3) is 2.05. The number of nitrogens with one attached hydrogen (secondary N) is 1. The molecule has 0 bridgehead atoms. The molecule has 72 valence electrons. The van der Waals surface area contributed by atoms with Crippen LogP contribution in [0, 0.1) is 13.8 Å². The molecular formula is C10H17N3. The topological polar surface area (TPSA) is 41.6 Å². The molecule has 2 rings (SSSR count). The Bertz CT molecular complexity index is 395. The van der Waals surface area contributed by atoms with E-state index >= 15 is 0 Å². The Morgan fingerprint density at radius 2 is 2.00 bits per heavy atom. The zero-order chi connectivity index (χ0) is 9.84. The van der Waals surface area contributed by atoms with E-state index in [0.717, 1.165) is 22.6 Å². The minimum atomic E-state index is 0. The van der Waals surface area contributed by atoms with Crippen molar-refractivity contribution >= 4 is 11.2 Å². The van der Waals surface area contributed by atoms with E-state index in [1.807, 2.05) is 33.8 Å². The molecule has 3 nitrogen and oxygen atoms in total. The maximum Gasteiger partial charge on any atom is 0.156 e. The molecule has 0 fully saturated rings. The molecular weight excluding hydrogens is 162 g/mol. The lowest BCUT2D eigenvalue weighted by molar-refractivity contribution is 1.16. The summed E-state index contributed by atoms with van der Waals surface area (Å²) in [7, 11) is 0. The van der Waals surface area contributed by atoms with Gasteiger partial charge in [0.25, 0.3) is 0 Å². The highest BCUT2D eigenvalue weighted by Crippen LogP contribution is 2.09. The van der Waals surface area contributed by atoms with Gasteiger partial charge in [-0.05, 0) is 19.9 Å². The zero-order valence-corrected chi connectivity index (χ0v) is 8.55. The van der Waals surface area contributed by atoms with Crippen molar-refractivity contribution in [2.24, 2.45) is 0 Å². The van der Waals surface area contributed by atoms with Crippen molar-refractivity contribution < 1.29 is 1.43 Å². The lowest BCUT2D eigenvalue weighted by Crippen LogP contribution is -1.83. The second-order valence-electron chi connectivity index (χ2n) is 2.70. The number of nitrogens with zero attached hydrogens (tertiary/aromatic N) is 2. The number of aromatic amines is 1. The molecule has 0 amide bonds. The van der Waals surface area contributed by atoms with E-state index in [0.29, 0.717) is 0 Å². The van der Waals surface area contributed by atoms with Crippen LogP contribution in [0.25, 0.3) is 11.2 Å². The fraction of sp³-hybridized carbons (Fsp3) is 0.400. The third-order valence-corrected chi connectivity index (χ3v) is 1.59. The summed E-state index contributed by atoms with van der Waals surface area (Å²) in [6, 6.07) is 1.99. The fourth-order valence-electron chi connectivity index (χ4n) is 1.11. The van der Waals surface area contributed by atoms with Gasteiger partial charge in [-0.3, -0.25) is 4.98 Å². The highest BCUT2D eigenvalue weighted by atomic mass is 14.9. The number of rotatable bonds is 0. The average Bonchev–Trinajstić information content (AvgIpc) is 2.48. The first-order valence-electron chi connectivity index (χ1n) is 4.55. The van der Waals surface area contributed by atoms with Gasteiger partial charge in [-0.15, -0.1) is 0 Å². The van der Waals surface area contributed by atoms with Crippen molar-refractivity contribution in [3.05, 3.63) is 23.7 Å². The first-order chi connectivity index (χ1) is 6.25. The highest BCUT2D eigenvalue weighted by Gasteiger charge is 1.98. The van der Waals surface area contributed by atoms with Gasteiger partial charge < -0.3 is 4.98 Å². The summed E-state index contributed by atoms with van der Waals surface area (Å²) in [6.45, 7) is 7.93. The van der Waals surface area contributed by atoms with Crippen LogP contribution in [0.1, 0.15) is 26.7 Å². The Labute approximate surface area is 79.7 Å². The van der Waals surface area contributed by atoms with Crippen LogP contribution < -0.4 is 0 Å². The maximum atomic E-state index is 4.28.